The van der Waals surface area contributed by atoms with Crippen molar-refractivity contribution < 1.29 is 9.59 Å². The van der Waals surface area contributed by atoms with Crippen LogP contribution in [0.5, 0.6) is 0 Å². The van der Waals surface area contributed by atoms with Crippen LogP contribution in [-0.2, 0) is 9.59 Å². The van der Waals surface area contributed by atoms with Gasteiger partial charge in [0.15, 0.2) is 0 Å². The van der Waals surface area contributed by atoms with E-state index >= 15 is 0 Å². The first-order chi connectivity index (χ1) is 8.58. The Bertz CT molecular complexity index is 517. The standard InChI is InChI=1S/C14H16N2O2/c1-8-2-5-12(11(15)6-8)16-13(17)9-3-4-10(7-9)14(16)18/h2,5-6,9-10H,3-4,7,15H2,1H3. The van der Waals surface area contributed by atoms with E-state index in [-0.39, 0.29) is 23.7 Å². The van der Waals surface area contributed by atoms with E-state index < -0.39 is 0 Å². The summed E-state index contributed by atoms with van der Waals surface area (Å²) in [4.78, 5) is 25.9. The van der Waals surface area contributed by atoms with E-state index in [1.165, 1.54) is 4.90 Å². The van der Waals surface area contributed by atoms with Crippen LogP contribution in [0.25, 0.3) is 0 Å². The Balaban J connectivity index is 2.05. The minimum atomic E-state index is -0.0793. The van der Waals surface area contributed by atoms with Gasteiger partial charge in [-0.25, -0.2) is 4.90 Å². The molecule has 4 nitrogen and oxygen atoms in total. The summed E-state index contributed by atoms with van der Waals surface area (Å²) in [6, 6.07) is 5.44. The third-order valence-corrected chi connectivity index (χ3v) is 4.00. The number of benzene rings is 1. The third-order valence-electron chi connectivity index (χ3n) is 4.00. The van der Waals surface area contributed by atoms with Crippen molar-refractivity contribution in [1.29, 1.82) is 0 Å². The predicted molar refractivity (Wildman–Crippen MR) is 68.9 cm³/mol. The fourth-order valence-electron chi connectivity index (χ4n) is 3.02. The lowest BCUT2D eigenvalue weighted by atomic mass is 9.96. The number of carbonyl (C=O) groups is 2. The van der Waals surface area contributed by atoms with Crippen LogP contribution in [0.4, 0.5) is 11.4 Å². The van der Waals surface area contributed by atoms with Crippen LogP contribution < -0.4 is 10.6 Å². The van der Waals surface area contributed by atoms with E-state index in [0.29, 0.717) is 11.4 Å². The maximum Gasteiger partial charge on any atom is 0.236 e. The van der Waals surface area contributed by atoms with Crippen molar-refractivity contribution in [2.75, 3.05) is 10.6 Å². The highest BCUT2D eigenvalue weighted by molar-refractivity contribution is 6.19. The lowest BCUT2D eigenvalue weighted by molar-refractivity contribution is -0.132. The van der Waals surface area contributed by atoms with Gasteiger partial charge in [0, 0.05) is 11.8 Å². The second-order valence-electron chi connectivity index (χ2n) is 5.28. The maximum absolute atomic E-state index is 12.3. The molecule has 94 valence electrons. The largest absolute Gasteiger partial charge is 0.397 e. The Hall–Kier alpha value is -1.84. The second kappa shape index (κ2) is 3.83. The Morgan fingerprint density at radius 1 is 1.17 bits per heavy atom. The van der Waals surface area contributed by atoms with E-state index in [2.05, 4.69) is 0 Å². The first kappa shape index (κ1) is 11.3. The van der Waals surface area contributed by atoms with Crippen molar-refractivity contribution in [2.24, 2.45) is 11.8 Å². The van der Waals surface area contributed by atoms with Gasteiger partial charge in [0.1, 0.15) is 0 Å². The number of piperidine rings is 1. The van der Waals surface area contributed by atoms with Crippen molar-refractivity contribution in [3.63, 3.8) is 0 Å². The number of nitrogens with two attached hydrogens (primary N) is 1. The first-order valence-corrected chi connectivity index (χ1v) is 6.32. The molecule has 4 heteroatoms. The molecule has 2 atom stereocenters. The van der Waals surface area contributed by atoms with Crippen LogP contribution in [0.1, 0.15) is 24.8 Å². The monoisotopic (exact) mass is 244 g/mol. The fourth-order valence-corrected chi connectivity index (χ4v) is 3.02. The molecule has 1 aromatic carbocycles. The molecule has 2 unspecified atom stereocenters. The highest BCUT2D eigenvalue weighted by atomic mass is 16.2. The molecule has 1 saturated heterocycles. The summed E-state index contributed by atoms with van der Waals surface area (Å²) >= 11 is 0. The topological polar surface area (TPSA) is 63.4 Å². The number of nitrogens with zero attached hydrogens (tertiary/aromatic N) is 1. The molecule has 1 aromatic rings. The summed E-state index contributed by atoms with van der Waals surface area (Å²) in [5, 5.41) is 0. The smallest absolute Gasteiger partial charge is 0.236 e. The molecule has 18 heavy (non-hydrogen) atoms. The van der Waals surface area contributed by atoms with E-state index in [4.69, 9.17) is 5.73 Å². The van der Waals surface area contributed by atoms with Crippen molar-refractivity contribution in [3.05, 3.63) is 23.8 Å². The van der Waals surface area contributed by atoms with Gasteiger partial charge in [-0.2, -0.15) is 0 Å². The molecule has 2 bridgehead atoms. The Labute approximate surface area is 106 Å². The number of amides is 2. The minimum Gasteiger partial charge on any atom is -0.397 e. The van der Waals surface area contributed by atoms with Gasteiger partial charge in [0.05, 0.1) is 11.4 Å². The van der Waals surface area contributed by atoms with Crippen molar-refractivity contribution in [3.8, 4) is 0 Å². The van der Waals surface area contributed by atoms with E-state index in [9.17, 15) is 9.59 Å². The SMILES string of the molecule is Cc1ccc(N2C(=O)C3CCC(C3)C2=O)c(N)c1. The molecule has 2 fully saturated rings. The lowest BCUT2D eigenvalue weighted by Gasteiger charge is -2.30. The van der Waals surface area contributed by atoms with Crippen LogP contribution in [0, 0.1) is 18.8 Å². The van der Waals surface area contributed by atoms with E-state index in [1.54, 1.807) is 12.1 Å². The van der Waals surface area contributed by atoms with E-state index in [1.807, 2.05) is 13.0 Å². The summed E-state index contributed by atoms with van der Waals surface area (Å²) in [6.45, 7) is 1.93. The molecule has 1 saturated carbocycles. The van der Waals surface area contributed by atoms with Gasteiger partial charge in [-0.3, -0.25) is 9.59 Å². The first-order valence-electron chi connectivity index (χ1n) is 6.32. The zero-order valence-corrected chi connectivity index (χ0v) is 10.3. The quantitative estimate of drug-likeness (QED) is 0.606. The number of anilines is 2. The van der Waals surface area contributed by atoms with Gasteiger partial charge >= 0.3 is 0 Å². The van der Waals surface area contributed by atoms with Crippen LogP contribution in [-0.4, -0.2) is 11.8 Å². The fraction of sp³-hybridized carbons (Fsp3) is 0.429. The molecule has 2 aliphatic rings. The Kier molecular flexibility index (Phi) is 2.40. The van der Waals surface area contributed by atoms with Crippen molar-refractivity contribution >= 4 is 23.2 Å². The average molecular weight is 244 g/mol. The number of hydrogen-bond donors (Lipinski definition) is 1. The third kappa shape index (κ3) is 1.52. The normalized spacial score (nSPS) is 26.8. The highest BCUT2D eigenvalue weighted by Gasteiger charge is 2.46. The van der Waals surface area contributed by atoms with Gasteiger partial charge in [-0.1, -0.05) is 6.07 Å². The molecule has 0 aromatic heterocycles. The van der Waals surface area contributed by atoms with Gasteiger partial charge in [0.2, 0.25) is 11.8 Å². The van der Waals surface area contributed by atoms with Gasteiger partial charge < -0.3 is 5.73 Å². The molecule has 0 spiro atoms. The zero-order valence-electron chi connectivity index (χ0n) is 10.3. The maximum atomic E-state index is 12.3. The molecule has 1 heterocycles. The zero-order chi connectivity index (χ0) is 12.9. The summed E-state index contributed by atoms with van der Waals surface area (Å²) in [6.07, 6.45) is 2.38. The van der Waals surface area contributed by atoms with Crippen LogP contribution in [0.2, 0.25) is 0 Å². The molecular weight excluding hydrogens is 228 g/mol. The Morgan fingerprint density at radius 2 is 1.78 bits per heavy atom. The second-order valence-corrected chi connectivity index (χ2v) is 5.28. The molecule has 2 amide bonds. The Morgan fingerprint density at radius 3 is 2.33 bits per heavy atom. The molecule has 0 radical (unpaired) electrons. The van der Waals surface area contributed by atoms with Crippen LogP contribution in [0.15, 0.2) is 18.2 Å². The summed E-state index contributed by atoms with van der Waals surface area (Å²) in [5.74, 6) is -0.143. The summed E-state index contributed by atoms with van der Waals surface area (Å²) in [5.41, 5.74) is 8.01. The molecule has 3 rings (SSSR count). The van der Waals surface area contributed by atoms with Crippen molar-refractivity contribution in [1.82, 2.24) is 0 Å². The summed E-state index contributed by atoms with van der Waals surface area (Å²) in [7, 11) is 0. The van der Waals surface area contributed by atoms with Gasteiger partial charge in [0.25, 0.3) is 0 Å². The van der Waals surface area contributed by atoms with Gasteiger partial charge in [-0.05, 0) is 43.9 Å². The highest BCUT2D eigenvalue weighted by Crippen LogP contribution is 2.41. The van der Waals surface area contributed by atoms with Gasteiger partial charge in [-0.15, -0.1) is 0 Å². The molecular formula is C14H16N2O2. The number of aryl methyl sites for hydroxylation is 1. The van der Waals surface area contributed by atoms with Crippen LogP contribution in [0.3, 0.4) is 0 Å². The van der Waals surface area contributed by atoms with E-state index in [0.717, 1.165) is 24.8 Å². The summed E-state index contributed by atoms with van der Waals surface area (Å²) < 4.78 is 0. The number of nitrogen functional groups attached to an aromatic ring is 1. The minimum absolute atomic E-state index is 0.00778. The lowest BCUT2D eigenvalue weighted by Crippen LogP contribution is -2.46. The molecule has 1 aliphatic heterocycles. The number of fused-ring (bicyclic) bond motifs is 2. The number of rotatable bonds is 1. The van der Waals surface area contributed by atoms with Crippen molar-refractivity contribution in [2.45, 2.75) is 26.2 Å². The van der Waals surface area contributed by atoms with Crippen LogP contribution >= 0.6 is 0 Å². The molecule has 1 aliphatic carbocycles. The molecule has 2 N–H and O–H groups in total. The number of carbonyl (C=O) groups excluding carboxylic acids is 2. The number of hydrogen-bond acceptors (Lipinski definition) is 3. The average Bonchev–Trinajstić information content (AvgIpc) is 2.76. The number of imide groups is 1. The predicted octanol–water partition coefficient (Wildman–Crippen LogP) is 1.87.